The maximum Gasteiger partial charge on any atom is 0.225 e. The van der Waals surface area contributed by atoms with E-state index in [4.69, 9.17) is 4.74 Å². The van der Waals surface area contributed by atoms with E-state index in [1.54, 1.807) is 0 Å². The minimum absolute atomic E-state index is 0.110. The van der Waals surface area contributed by atoms with Gasteiger partial charge in [-0.05, 0) is 44.5 Å². The summed E-state index contributed by atoms with van der Waals surface area (Å²) in [5, 5.41) is 13.9. The van der Waals surface area contributed by atoms with Crippen molar-refractivity contribution in [3.63, 3.8) is 0 Å². The highest BCUT2D eigenvalue weighted by Gasteiger charge is 2.40. The molecule has 0 unspecified atom stereocenters. The molecular formula is C17H24N2O3. The summed E-state index contributed by atoms with van der Waals surface area (Å²) in [6.45, 7) is 3.05. The van der Waals surface area contributed by atoms with Crippen molar-refractivity contribution in [3.05, 3.63) is 30.3 Å². The molecule has 2 aliphatic heterocycles. The van der Waals surface area contributed by atoms with Gasteiger partial charge in [0.1, 0.15) is 18.0 Å². The monoisotopic (exact) mass is 304 g/mol. The standard InChI is InChI=1S/C17H24N2O3/c20-16(14-6-9-18-10-7-14)19-11-8-17(21,12-19)13-22-15-4-2-1-3-5-15/h1-5,14,18,21H,6-13H2/t17-/m1/s1. The van der Waals surface area contributed by atoms with E-state index >= 15 is 0 Å². The number of piperidine rings is 1. The number of hydrogen-bond acceptors (Lipinski definition) is 4. The normalized spacial score (nSPS) is 26.1. The molecule has 0 saturated carbocycles. The van der Waals surface area contributed by atoms with Crippen LogP contribution in [0.1, 0.15) is 19.3 Å². The molecule has 0 aliphatic carbocycles. The Labute approximate surface area is 131 Å². The maximum absolute atomic E-state index is 12.5. The van der Waals surface area contributed by atoms with Crippen molar-refractivity contribution in [3.8, 4) is 5.75 Å². The van der Waals surface area contributed by atoms with Gasteiger partial charge < -0.3 is 20.1 Å². The third-order valence-corrected chi connectivity index (χ3v) is 4.58. The Morgan fingerprint density at radius 1 is 1.32 bits per heavy atom. The van der Waals surface area contributed by atoms with Crippen LogP contribution in [-0.4, -0.2) is 54.3 Å². The third kappa shape index (κ3) is 3.59. The molecule has 1 aromatic carbocycles. The lowest BCUT2D eigenvalue weighted by Gasteiger charge is -2.28. The van der Waals surface area contributed by atoms with Crippen LogP contribution in [0.15, 0.2) is 30.3 Å². The molecule has 2 fully saturated rings. The van der Waals surface area contributed by atoms with Crippen LogP contribution >= 0.6 is 0 Å². The van der Waals surface area contributed by atoms with Crippen LogP contribution in [0.3, 0.4) is 0 Å². The number of β-amino-alcohol motifs (C(OH)–C–C–N with tert-alkyl or cyclic N) is 1. The van der Waals surface area contributed by atoms with E-state index in [9.17, 15) is 9.90 Å². The van der Waals surface area contributed by atoms with Crippen molar-refractivity contribution in [1.29, 1.82) is 0 Å². The van der Waals surface area contributed by atoms with E-state index in [2.05, 4.69) is 5.32 Å². The van der Waals surface area contributed by atoms with Gasteiger partial charge in [-0.15, -0.1) is 0 Å². The number of carbonyl (C=O) groups excluding carboxylic acids is 1. The fourth-order valence-electron chi connectivity index (χ4n) is 3.22. The Morgan fingerprint density at radius 2 is 2.05 bits per heavy atom. The Balaban J connectivity index is 1.53. The SMILES string of the molecule is O=C(C1CCNCC1)N1CC[C@](O)(COc2ccccc2)C1. The van der Waals surface area contributed by atoms with E-state index in [0.29, 0.717) is 19.5 Å². The first kappa shape index (κ1) is 15.3. The van der Waals surface area contributed by atoms with Crippen LogP contribution in [0.25, 0.3) is 0 Å². The summed E-state index contributed by atoms with van der Waals surface area (Å²) < 4.78 is 5.67. The molecule has 2 heterocycles. The lowest BCUT2D eigenvalue weighted by atomic mass is 9.96. The summed E-state index contributed by atoms with van der Waals surface area (Å²) in [6, 6.07) is 9.48. The molecule has 120 valence electrons. The molecular weight excluding hydrogens is 280 g/mol. The first-order valence-corrected chi connectivity index (χ1v) is 8.06. The van der Waals surface area contributed by atoms with E-state index in [0.717, 1.165) is 31.7 Å². The van der Waals surface area contributed by atoms with E-state index in [1.165, 1.54) is 0 Å². The highest BCUT2D eigenvalue weighted by molar-refractivity contribution is 5.79. The Hall–Kier alpha value is -1.59. The van der Waals surface area contributed by atoms with Crippen LogP contribution in [0.5, 0.6) is 5.75 Å². The zero-order chi connectivity index (χ0) is 15.4. The van der Waals surface area contributed by atoms with Gasteiger partial charge in [-0.25, -0.2) is 0 Å². The lowest BCUT2D eigenvalue weighted by molar-refractivity contribution is -0.136. The minimum Gasteiger partial charge on any atom is -0.491 e. The molecule has 2 N–H and O–H groups in total. The van der Waals surface area contributed by atoms with Gasteiger partial charge in [0.05, 0.1) is 6.54 Å². The summed E-state index contributed by atoms with van der Waals surface area (Å²) in [5.74, 6) is 1.05. The van der Waals surface area contributed by atoms with Crippen LogP contribution in [0.2, 0.25) is 0 Å². The number of amides is 1. The van der Waals surface area contributed by atoms with Crippen molar-refractivity contribution >= 4 is 5.91 Å². The maximum atomic E-state index is 12.5. The molecule has 2 aliphatic rings. The molecule has 5 heteroatoms. The second-order valence-electron chi connectivity index (χ2n) is 6.36. The first-order valence-electron chi connectivity index (χ1n) is 8.06. The second kappa shape index (κ2) is 6.67. The smallest absolute Gasteiger partial charge is 0.225 e. The van der Waals surface area contributed by atoms with Crippen molar-refractivity contribution in [1.82, 2.24) is 10.2 Å². The molecule has 1 amide bonds. The predicted octanol–water partition coefficient (Wildman–Crippen LogP) is 1.03. The van der Waals surface area contributed by atoms with Crippen molar-refractivity contribution in [2.75, 3.05) is 32.8 Å². The number of benzene rings is 1. The number of ether oxygens (including phenoxy) is 1. The van der Waals surface area contributed by atoms with Crippen LogP contribution in [0, 0.1) is 5.92 Å². The number of hydrogen-bond donors (Lipinski definition) is 2. The summed E-state index contributed by atoms with van der Waals surface area (Å²) >= 11 is 0. The van der Waals surface area contributed by atoms with Gasteiger partial charge in [0.25, 0.3) is 0 Å². The quantitative estimate of drug-likeness (QED) is 0.872. The fraction of sp³-hybridized carbons (Fsp3) is 0.588. The molecule has 0 bridgehead atoms. The number of carbonyl (C=O) groups is 1. The molecule has 2 saturated heterocycles. The largest absolute Gasteiger partial charge is 0.491 e. The molecule has 5 nitrogen and oxygen atoms in total. The van der Waals surface area contributed by atoms with Crippen LogP contribution in [-0.2, 0) is 4.79 Å². The van der Waals surface area contributed by atoms with Gasteiger partial charge in [0, 0.05) is 12.5 Å². The predicted molar refractivity (Wildman–Crippen MR) is 83.7 cm³/mol. The average molecular weight is 304 g/mol. The third-order valence-electron chi connectivity index (χ3n) is 4.58. The second-order valence-corrected chi connectivity index (χ2v) is 6.36. The van der Waals surface area contributed by atoms with Crippen LogP contribution < -0.4 is 10.1 Å². The fourth-order valence-corrected chi connectivity index (χ4v) is 3.22. The highest BCUT2D eigenvalue weighted by atomic mass is 16.5. The summed E-state index contributed by atoms with van der Waals surface area (Å²) in [6.07, 6.45) is 2.37. The van der Waals surface area contributed by atoms with Crippen LogP contribution in [0.4, 0.5) is 0 Å². The molecule has 0 radical (unpaired) electrons. The Bertz CT molecular complexity index is 502. The summed E-state index contributed by atoms with van der Waals surface area (Å²) in [4.78, 5) is 14.3. The Morgan fingerprint density at radius 3 is 2.77 bits per heavy atom. The zero-order valence-corrected chi connectivity index (χ0v) is 12.8. The van der Waals surface area contributed by atoms with E-state index in [1.807, 2.05) is 35.2 Å². The molecule has 1 atom stereocenters. The highest BCUT2D eigenvalue weighted by Crippen LogP contribution is 2.26. The van der Waals surface area contributed by atoms with Gasteiger partial charge in [-0.2, -0.15) is 0 Å². The van der Waals surface area contributed by atoms with E-state index < -0.39 is 5.60 Å². The molecule has 0 spiro atoms. The van der Waals surface area contributed by atoms with E-state index in [-0.39, 0.29) is 18.4 Å². The van der Waals surface area contributed by atoms with Gasteiger partial charge >= 0.3 is 0 Å². The number of aliphatic hydroxyl groups is 1. The van der Waals surface area contributed by atoms with Crippen molar-refractivity contribution in [2.24, 2.45) is 5.92 Å². The minimum atomic E-state index is -0.932. The molecule has 1 aromatic rings. The van der Waals surface area contributed by atoms with Gasteiger partial charge in [-0.3, -0.25) is 4.79 Å². The number of nitrogens with one attached hydrogen (secondary N) is 1. The zero-order valence-electron chi connectivity index (χ0n) is 12.8. The number of para-hydroxylation sites is 1. The number of nitrogens with zero attached hydrogens (tertiary/aromatic N) is 1. The van der Waals surface area contributed by atoms with Gasteiger partial charge in [0.2, 0.25) is 5.91 Å². The van der Waals surface area contributed by atoms with Gasteiger partial charge in [-0.1, -0.05) is 18.2 Å². The average Bonchev–Trinajstić information content (AvgIpc) is 2.97. The Kier molecular flexibility index (Phi) is 4.64. The molecule has 3 rings (SSSR count). The number of likely N-dealkylation sites (tertiary alicyclic amines) is 1. The van der Waals surface area contributed by atoms with Gasteiger partial charge in [0.15, 0.2) is 0 Å². The molecule has 22 heavy (non-hydrogen) atoms. The summed E-state index contributed by atoms with van der Waals surface area (Å²) in [7, 11) is 0. The first-order chi connectivity index (χ1) is 10.7. The summed E-state index contributed by atoms with van der Waals surface area (Å²) in [5.41, 5.74) is -0.932. The van der Waals surface area contributed by atoms with Crippen molar-refractivity contribution < 1.29 is 14.6 Å². The topological polar surface area (TPSA) is 61.8 Å². The van der Waals surface area contributed by atoms with Crippen molar-refractivity contribution in [2.45, 2.75) is 24.9 Å². The number of rotatable bonds is 4. The molecule has 0 aromatic heterocycles. The lowest BCUT2D eigenvalue weighted by Crippen LogP contribution is -2.44.